The Morgan fingerprint density at radius 2 is 1.75 bits per heavy atom. The van der Waals surface area contributed by atoms with Crippen molar-refractivity contribution in [3.63, 3.8) is 0 Å². The lowest BCUT2D eigenvalue weighted by Crippen LogP contribution is -2.53. The van der Waals surface area contributed by atoms with Gasteiger partial charge in [0.15, 0.2) is 0 Å². The normalized spacial score (nSPS) is 16.6. The van der Waals surface area contributed by atoms with Crippen LogP contribution in [-0.4, -0.2) is 41.9 Å². The number of tetrazole rings is 1. The molecular formula is C24H22F2N8O2. The second-order valence-corrected chi connectivity index (χ2v) is 9.07. The van der Waals surface area contributed by atoms with E-state index in [1.807, 2.05) is 18.2 Å². The van der Waals surface area contributed by atoms with Crippen molar-refractivity contribution in [2.24, 2.45) is 0 Å². The van der Waals surface area contributed by atoms with Gasteiger partial charge in [0, 0.05) is 11.1 Å². The molecule has 1 fully saturated rings. The number of halogens is 2. The van der Waals surface area contributed by atoms with Gasteiger partial charge in [-0.3, -0.25) is 4.79 Å². The number of anilines is 2. The van der Waals surface area contributed by atoms with Gasteiger partial charge in [-0.15, -0.1) is 20.4 Å². The number of nitrogens with one attached hydrogen (secondary N) is 2. The summed E-state index contributed by atoms with van der Waals surface area (Å²) in [5.41, 5.74) is 3.23. The van der Waals surface area contributed by atoms with Gasteiger partial charge in [0.2, 0.25) is 17.6 Å². The van der Waals surface area contributed by atoms with Gasteiger partial charge in [0.05, 0.1) is 17.9 Å². The fraction of sp³-hybridized carbons (Fsp3) is 0.333. The molecule has 2 N–H and O–H groups in total. The number of benzene rings is 2. The topological polar surface area (TPSA) is 124 Å². The first-order chi connectivity index (χ1) is 17.5. The number of amides is 1. The summed E-state index contributed by atoms with van der Waals surface area (Å²) in [7, 11) is 0. The van der Waals surface area contributed by atoms with Crippen LogP contribution in [0.3, 0.4) is 0 Å². The van der Waals surface area contributed by atoms with Crippen LogP contribution in [0.15, 0.2) is 46.9 Å². The first kappa shape index (κ1) is 22.3. The van der Waals surface area contributed by atoms with Crippen LogP contribution in [0, 0.1) is 0 Å². The van der Waals surface area contributed by atoms with Gasteiger partial charge < -0.3 is 15.1 Å². The summed E-state index contributed by atoms with van der Waals surface area (Å²) in [4.78, 5) is 14.3. The van der Waals surface area contributed by atoms with Crippen molar-refractivity contribution in [2.75, 3.05) is 10.6 Å². The van der Waals surface area contributed by atoms with Gasteiger partial charge in [0.25, 0.3) is 5.89 Å². The van der Waals surface area contributed by atoms with E-state index in [0.717, 1.165) is 48.9 Å². The molecule has 4 aromatic rings. The largest absolute Gasteiger partial charge is 0.415 e. The molecule has 0 bridgehead atoms. The minimum Gasteiger partial charge on any atom is -0.415 e. The van der Waals surface area contributed by atoms with Crippen LogP contribution in [0.1, 0.15) is 50.0 Å². The second kappa shape index (κ2) is 8.77. The Bertz CT molecular complexity index is 1410. The number of fused-ring (bicyclic) bond motifs is 1. The quantitative estimate of drug-likeness (QED) is 0.419. The smallest absolute Gasteiger partial charge is 0.314 e. The summed E-state index contributed by atoms with van der Waals surface area (Å²) in [5, 5.41) is 26.3. The maximum atomic E-state index is 12.9. The highest BCUT2D eigenvalue weighted by Crippen LogP contribution is 2.40. The Kier molecular flexibility index (Phi) is 5.42. The van der Waals surface area contributed by atoms with E-state index in [-0.39, 0.29) is 11.8 Å². The fourth-order valence-electron chi connectivity index (χ4n) is 4.74. The zero-order valence-corrected chi connectivity index (χ0v) is 19.1. The fourth-order valence-corrected chi connectivity index (χ4v) is 4.74. The van der Waals surface area contributed by atoms with Gasteiger partial charge in [-0.05, 0) is 54.0 Å². The number of aromatic nitrogens is 6. The Morgan fingerprint density at radius 3 is 2.50 bits per heavy atom. The number of hydrogen-bond acceptors (Lipinski definition) is 8. The molecule has 1 spiro atoms. The molecule has 1 amide bonds. The van der Waals surface area contributed by atoms with Crippen LogP contribution in [0.5, 0.6) is 0 Å². The summed E-state index contributed by atoms with van der Waals surface area (Å²) < 4.78 is 30.3. The monoisotopic (exact) mass is 492 g/mol. The molecule has 3 heterocycles. The van der Waals surface area contributed by atoms with Crippen molar-refractivity contribution in [2.45, 2.75) is 50.6 Å². The zero-order chi connectivity index (χ0) is 24.7. The maximum Gasteiger partial charge on any atom is 0.314 e. The number of carbonyl (C=O) groups is 1. The first-order valence-electron chi connectivity index (χ1n) is 11.7. The number of rotatable bonds is 5. The predicted molar refractivity (Wildman–Crippen MR) is 125 cm³/mol. The molecule has 1 saturated carbocycles. The van der Waals surface area contributed by atoms with E-state index >= 15 is 0 Å². The van der Waals surface area contributed by atoms with Crippen LogP contribution >= 0.6 is 0 Å². The van der Waals surface area contributed by atoms with Crippen LogP contribution < -0.4 is 10.6 Å². The molecule has 2 aromatic carbocycles. The zero-order valence-electron chi connectivity index (χ0n) is 19.1. The minimum atomic E-state index is -2.81. The Balaban J connectivity index is 1.16. The lowest BCUT2D eigenvalue weighted by atomic mass is 9.79. The van der Waals surface area contributed by atoms with E-state index in [1.165, 1.54) is 4.80 Å². The van der Waals surface area contributed by atoms with Crippen molar-refractivity contribution in [3.8, 4) is 22.8 Å². The van der Waals surface area contributed by atoms with E-state index in [4.69, 9.17) is 4.42 Å². The van der Waals surface area contributed by atoms with Crippen molar-refractivity contribution >= 4 is 17.3 Å². The van der Waals surface area contributed by atoms with Gasteiger partial charge in [0.1, 0.15) is 5.54 Å². The average Bonchev–Trinajstić information content (AvgIpc) is 3.56. The molecule has 2 aliphatic rings. The van der Waals surface area contributed by atoms with Gasteiger partial charge >= 0.3 is 6.43 Å². The number of hydrogen-bond donors (Lipinski definition) is 2. The molecule has 1 aliphatic heterocycles. The molecule has 0 radical (unpaired) electrons. The highest BCUT2D eigenvalue weighted by atomic mass is 19.3. The summed E-state index contributed by atoms with van der Waals surface area (Å²) >= 11 is 0. The second-order valence-electron chi connectivity index (χ2n) is 9.07. The van der Waals surface area contributed by atoms with Crippen molar-refractivity contribution < 1.29 is 18.0 Å². The average molecular weight is 492 g/mol. The molecule has 1 aliphatic carbocycles. The van der Waals surface area contributed by atoms with Crippen LogP contribution in [0.25, 0.3) is 22.8 Å². The standard InChI is InChI=1S/C24H22F2N8O2/c25-19(26)22-31-30-21(36-22)15-6-4-14(5-7-15)13-34-32-20(29-33-34)16-8-9-17-18(12-16)27-23(35)24(28-17)10-2-1-3-11-24/h4-9,12,19,28H,1-3,10-11,13H2,(H,27,35). The summed E-state index contributed by atoms with van der Waals surface area (Å²) in [6, 6.07) is 12.7. The molecule has 0 atom stereocenters. The van der Waals surface area contributed by atoms with E-state index in [1.54, 1.807) is 24.3 Å². The first-order valence-corrected chi connectivity index (χ1v) is 11.7. The Hall–Kier alpha value is -4.22. The van der Waals surface area contributed by atoms with Crippen LogP contribution in [0.4, 0.5) is 20.2 Å². The van der Waals surface area contributed by atoms with Crippen LogP contribution in [0.2, 0.25) is 0 Å². The molecule has 0 saturated heterocycles. The lowest BCUT2D eigenvalue weighted by molar-refractivity contribution is -0.121. The van der Waals surface area contributed by atoms with E-state index < -0.39 is 17.9 Å². The molecule has 0 unspecified atom stereocenters. The predicted octanol–water partition coefficient (Wildman–Crippen LogP) is 4.44. The van der Waals surface area contributed by atoms with Crippen LogP contribution in [-0.2, 0) is 11.3 Å². The van der Waals surface area contributed by atoms with Gasteiger partial charge in [-0.2, -0.15) is 13.6 Å². The number of alkyl halides is 2. The molecule has 36 heavy (non-hydrogen) atoms. The molecule has 2 aromatic heterocycles. The van der Waals surface area contributed by atoms with E-state index in [0.29, 0.717) is 23.6 Å². The third-order valence-electron chi connectivity index (χ3n) is 6.65. The van der Waals surface area contributed by atoms with Crippen molar-refractivity contribution in [1.82, 2.24) is 30.4 Å². The molecule has 10 nitrogen and oxygen atoms in total. The van der Waals surface area contributed by atoms with E-state index in [9.17, 15) is 13.6 Å². The highest BCUT2D eigenvalue weighted by Gasteiger charge is 2.42. The number of carbonyl (C=O) groups excluding carboxylic acids is 1. The third-order valence-corrected chi connectivity index (χ3v) is 6.65. The highest BCUT2D eigenvalue weighted by molar-refractivity contribution is 6.06. The summed E-state index contributed by atoms with van der Waals surface area (Å²) in [6.07, 6.45) is 2.11. The summed E-state index contributed by atoms with van der Waals surface area (Å²) in [6.45, 7) is 0.352. The Labute approximate surface area is 204 Å². The van der Waals surface area contributed by atoms with E-state index in [2.05, 4.69) is 36.2 Å². The van der Waals surface area contributed by atoms with Gasteiger partial charge in [-0.25, -0.2) is 0 Å². The maximum absolute atomic E-state index is 12.9. The number of nitrogens with zero attached hydrogens (tertiary/aromatic N) is 6. The summed E-state index contributed by atoms with van der Waals surface area (Å²) in [5.74, 6) is -0.231. The SMILES string of the molecule is O=C1Nc2cc(-c3nnn(Cc4ccc(-c5nnc(C(F)F)o5)cc4)n3)ccc2NC12CCCCC2. The Morgan fingerprint density at radius 1 is 0.972 bits per heavy atom. The minimum absolute atomic E-state index is 0.0119. The third kappa shape index (κ3) is 4.08. The molecule has 184 valence electrons. The molecule has 6 rings (SSSR count). The molecular weight excluding hydrogens is 470 g/mol. The lowest BCUT2D eigenvalue weighted by Gasteiger charge is -2.41. The van der Waals surface area contributed by atoms with Gasteiger partial charge in [-0.1, -0.05) is 31.4 Å². The molecule has 12 heteroatoms. The van der Waals surface area contributed by atoms with Crippen molar-refractivity contribution in [3.05, 3.63) is 53.9 Å². The van der Waals surface area contributed by atoms with Crippen molar-refractivity contribution in [1.29, 1.82) is 0 Å².